The minimum absolute atomic E-state index is 0.292. The monoisotopic (exact) mass is 478 g/mol. The average Bonchev–Trinajstić information content (AvgIpc) is 3.40. The summed E-state index contributed by atoms with van der Waals surface area (Å²) in [6, 6.07) is 23.4. The van der Waals surface area contributed by atoms with E-state index in [2.05, 4.69) is 10.3 Å². The van der Waals surface area contributed by atoms with Crippen molar-refractivity contribution in [3.05, 3.63) is 101 Å². The molecule has 0 bridgehead atoms. The van der Waals surface area contributed by atoms with Crippen LogP contribution in [0.1, 0.15) is 40.1 Å². The van der Waals surface area contributed by atoms with Crippen LogP contribution >= 0.6 is 0 Å². The zero-order valence-corrected chi connectivity index (χ0v) is 19.9. The van der Waals surface area contributed by atoms with Crippen LogP contribution in [0.5, 0.6) is 0 Å². The number of anilines is 1. The van der Waals surface area contributed by atoms with Crippen molar-refractivity contribution >= 4 is 34.4 Å². The van der Waals surface area contributed by atoms with Gasteiger partial charge < -0.3 is 15.2 Å². The van der Waals surface area contributed by atoms with E-state index in [1.54, 1.807) is 29.2 Å². The second-order valence-electron chi connectivity index (χ2n) is 9.33. The van der Waals surface area contributed by atoms with Crippen LogP contribution in [0, 0.1) is 0 Å². The van der Waals surface area contributed by atoms with E-state index < -0.39 is 12.1 Å². The summed E-state index contributed by atoms with van der Waals surface area (Å²) in [4.78, 5) is 46.7. The molecule has 3 heterocycles. The number of fused-ring (bicyclic) bond motifs is 4. The third-order valence-electron chi connectivity index (χ3n) is 7.26. The van der Waals surface area contributed by atoms with Crippen LogP contribution in [-0.2, 0) is 17.6 Å². The normalized spacial score (nSPS) is 18.9. The van der Waals surface area contributed by atoms with Gasteiger partial charge in [-0.1, -0.05) is 60.7 Å². The minimum atomic E-state index is -0.603. The molecular weight excluding hydrogens is 452 g/mol. The summed E-state index contributed by atoms with van der Waals surface area (Å²) in [6.45, 7) is 2.39. The van der Waals surface area contributed by atoms with Crippen molar-refractivity contribution < 1.29 is 14.4 Å². The van der Waals surface area contributed by atoms with Crippen molar-refractivity contribution in [2.45, 2.75) is 31.8 Å². The number of rotatable bonds is 5. The Morgan fingerprint density at radius 3 is 2.53 bits per heavy atom. The number of imide groups is 1. The number of amides is 4. The Labute approximate surface area is 208 Å². The van der Waals surface area contributed by atoms with E-state index >= 15 is 0 Å². The van der Waals surface area contributed by atoms with Crippen LogP contribution in [0.2, 0.25) is 0 Å². The highest BCUT2D eigenvalue weighted by Gasteiger charge is 2.52. The molecule has 2 aliphatic heterocycles. The van der Waals surface area contributed by atoms with Crippen molar-refractivity contribution in [2.75, 3.05) is 11.4 Å². The van der Waals surface area contributed by atoms with Gasteiger partial charge in [-0.25, -0.2) is 9.69 Å². The summed E-state index contributed by atoms with van der Waals surface area (Å²) in [5.41, 5.74) is 4.79. The molecule has 1 unspecified atom stereocenters. The number of aromatic nitrogens is 1. The van der Waals surface area contributed by atoms with E-state index in [1.165, 1.54) is 4.90 Å². The maximum absolute atomic E-state index is 13.7. The maximum atomic E-state index is 13.7. The first-order valence-corrected chi connectivity index (χ1v) is 12.2. The standard InChI is InChI=1S/C29H26N4O3/c1-18-26-22(20-11-5-7-13-23(20)31-26)17-25-28(35)33(29(36)32(18)25)24-14-8-6-12-21(24)27(34)30-16-15-19-9-3-2-4-10-19/h2-14,18,25,31H,15-17H2,1H3,(H,30,34)/t18?,25-/m0/s1. The molecule has 0 saturated carbocycles. The van der Waals surface area contributed by atoms with Gasteiger partial charge in [0.1, 0.15) is 6.04 Å². The molecule has 0 spiro atoms. The number of carbonyl (C=O) groups is 3. The molecule has 180 valence electrons. The number of urea groups is 1. The molecule has 36 heavy (non-hydrogen) atoms. The lowest BCUT2D eigenvalue weighted by atomic mass is 9.93. The summed E-state index contributed by atoms with van der Waals surface area (Å²) in [5.74, 6) is -0.608. The number of hydrogen-bond acceptors (Lipinski definition) is 3. The number of hydrogen-bond donors (Lipinski definition) is 2. The second-order valence-corrected chi connectivity index (χ2v) is 9.33. The van der Waals surface area contributed by atoms with Gasteiger partial charge in [-0.2, -0.15) is 0 Å². The molecule has 4 amide bonds. The van der Waals surface area contributed by atoms with Gasteiger partial charge in [-0.3, -0.25) is 9.59 Å². The van der Waals surface area contributed by atoms with Crippen molar-refractivity contribution in [2.24, 2.45) is 0 Å². The van der Waals surface area contributed by atoms with Crippen LogP contribution in [0.15, 0.2) is 78.9 Å². The Hall–Kier alpha value is -4.39. The molecule has 2 aliphatic rings. The van der Waals surface area contributed by atoms with Gasteiger partial charge >= 0.3 is 6.03 Å². The summed E-state index contributed by atoms with van der Waals surface area (Å²) in [7, 11) is 0. The molecule has 3 aromatic carbocycles. The van der Waals surface area contributed by atoms with Crippen molar-refractivity contribution in [1.82, 2.24) is 15.2 Å². The van der Waals surface area contributed by atoms with Gasteiger partial charge in [0.15, 0.2) is 0 Å². The van der Waals surface area contributed by atoms with Crippen LogP contribution < -0.4 is 10.2 Å². The molecule has 6 rings (SSSR count). The zero-order chi connectivity index (χ0) is 24.8. The molecule has 2 atom stereocenters. The number of nitrogens with zero attached hydrogens (tertiary/aromatic N) is 2. The number of para-hydroxylation sites is 2. The predicted molar refractivity (Wildman–Crippen MR) is 138 cm³/mol. The van der Waals surface area contributed by atoms with Gasteiger partial charge in [0.2, 0.25) is 0 Å². The molecule has 0 aliphatic carbocycles. The molecule has 7 heteroatoms. The van der Waals surface area contributed by atoms with Crippen LogP contribution in [0.25, 0.3) is 10.9 Å². The third-order valence-corrected chi connectivity index (χ3v) is 7.26. The highest BCUT2D eigenvalue weighted by atomic mass is 16.2. The lowest BCUT2D eigenvalue weighted by Gasteiger charge is -2.33. The smallest absolute Gasteiger partial charge is 0.332 e. The van der Waals surface area contributed by atoms with Crippen LogP contribution in [0.3, 0.4) is 0 Å². The fourth-order valence-corrected chi connectivity index (χ4v) is 5.50. The molecule has 0 radical (unpaired) electrons. The topological polar surface area (TPSA) is 85.5 Å². The van der Waals surface area contributed by atoms with Crippen molar-refractivity contribution in [1.29, 1.82) is 0 Å². The van der Waals surface area contributed by atoms with Gasteiger partial charge in [-0.05, 0) is 42.7 Å². The molecular formula is C29H26N4O3. The Bertz CT molecular complexity index is 1490. The third kappa shape index (κ3) is 3.47. The molecule has 1 saturated heterocycles. The first-order chi connectivity index (χ1) is 17.5. The fraction of sp³-hybridized carbons (Fsp3) is 0.207. The minimum Gasteiger partial charge on any atom is -0.356 e. The van der Waals surface area contributed by atoms with E-state index in [1.807, 2.05) is 61.5 Å². The predicted octanol–water partition coefficient (Wildman–Crippen LogP) is 4.59. The quantitative estimate of drug-likeness (QED) is 0.411. The number of benzene rings is 3. The highest BCUT2D eigenvalue weighted by molar-refractivity contribution is 6.24. The second kappa shape index (κ2) is 8.68. The van der Waals surface area contributed by atoms with E-state index in [0.29, 0.717) is 30.6 Å². The van der Waals surface area contributed by atoms with Crippen molar-refractivity contribution in [3.8, 4) is 0 Å². The van der Waals surface area contributed by atoms with Crippen LogP contribution in [-0.4, -0.2) is 40.3 Å². The van der Waals surface area contributed by atoms with Gasteiger partial charge in [0.25, 0.3) is 11.8 Å². The number of aromatic amines is 1. The Balaban J connectivity index is 1.27. The first kappa shape index (κ1) is 22.1. The SMILES string of the molecule is CC1c2[nH]c3ccccc3c2C[C@H]2C(=O)N(c3ccccc3C(=O)NCCc3ccccc3)C(=O)N12. The number of H-pyrrole nitrogens is 1. The maximum Gasteiger partial charge on any atom is 0.332 e. The summed E-state index contributed by atoms with van der Waals surface area (Å²) in [6.07, 6.45) is 1.13. The molecule has 2 N–H and O–H groups in total. The summed E-state index contributed by atoms with van der Waals surface area (Å²) < 4.78 is 0. The largest absolute Gasteiger partial charge is 0.356 e. The molecule has 1 fully saturated rings. The fourth-order valence-electron chi connectivity index (χ4n) is 5.50. The summed E-state index contributed by atoms with van der Waals surface area (Å²) in [5, 5.41) is 4.02. The van der Waals surface area contributed by atoms with Gasteiger partial charge in [0.05, 0.1) is 17.3 Å². The lowest BCUT2D eigenvalue weighted by Crippen LogP contribution is -2.42. The first-order valence-electron chi connectivity index (χ1n) is 12.2. The molecule has 7 nitrogen and oxygen atoms in total. The van der Waals surface area contributed by atoms with Crippen molar-refractivity contribution in [3.63, 3.8) is 0 Å². The molecule has 1 aromatic heterocycles. The Kier molecular flexibility index (Phi) is 5.33. The van der Waals surface area contributed by atoms with E-state index in [4.69, 9.17) is 0 Å². The summed E-state index contributed by atoms with van der Waals surface area (Å²) >= 11 is 0. The highest BCUT2D eigenvalue weighted by Crippen LogP contribution is 2.42. The van der Waals surface area contributed by atoms with Gasteiger partial charge in [0, 0.05) is 29.6 Å². The average molecular weight is 479 g/mol. The Morgan fingerprint density at radius 2 is 1.69 bits per heavy atom. The number of nitrogens with one attached hydrogen (secondary N) is 2. The molecule has 4 aromatic rings. The van der Waals surface area contributed by atoms with E-state index in [-0.39, 0.29) is 17.9 Å². The van der Waals surface area contributed by atoms with E-state index in [9.17, 15) is 14.4 Å². The Morgan fingerprint density at radius 1 is 0.972 bits per heavy atom. The van der Waals surface area contributed by atoms with Crippen LogP contribution in [0.4, 0.5) is 10.5 Å². The van der Waals surface area contributed by atoms with Gasteiger partial charge in [-0.15, -0.1) is 0 Å². The lowest BCUT2D eigenvalue weighted by molar-refractivity contribution is -0.120. The van der Waals surface area contributed by atoms with E-state index in [0.717, 1.165) is 27.7 Å². The number of carbonyl (C=O) groups excluding carboxylic acids is 3. The zero-order valence-electron chi connectivity index (χ0n) is 19.9.